The molecule has 3 nitrogen and oxygen atoms in total. The van der Waals surface area contributed by atoms with Gasteiger partial charge in [0.15, 0.2) is 0 Å². The van der Waals surface area contributed by atoms with Crippen molar-refractivity contribution in [1.82, 2.24) is 4.98 Å². The van der Waals surface area contributed by atoms with Crippen LogP contribution in [0.4, 0.5) is 0 Å². The molecule has 1 aromatic heterocycles. The lowest BCUT2D eigenvalue weighted by molar-refractivity contribution is 0.392. The first-order valence-electron chi connectivity index (χ1n) is 4.56. The summed E-state index contributed by atoms with van der Waals surface area (Å²) >= 11 is 0. The van der Waals surface area contributed by atoms with E-state index in [1.54, 1.807) is 13.3 Å². The molecule has 1 aromatic rings. The molecular weight excluding hydrogens is 164 g/mol. The smallest absolute Gasteiger partial charge is 0.216 e. The molecule has 0 saturated heterocycles. The molecule has 0 radical (unpaired) electrons. The largest absolute Gasteiger partial charge is 0.481 e. The van der Waals surface area contributed by atoms with Gasteiger partial charge in [-0.15, -0.1) is 0 Å². The first-order chi connectivity index (χ1) is 6.38. The van der Waals surface area contributed by atoms with Crippen molar-refractivity contribution in [3.05, 3.63) is 23.9 Å². The molecule has 13 heavy (non-hydrogen) atoms. The van der Waals surface area contributed by atoms with Gasteiger partial charge >= 0.3 is 0 Å². The molecule has 72 valence electrons. The zero-order valence-electron chi connectivity index (χ0n) is 7.99. The van der Waals surface area contributed by atoms with E-state index in [-0.39, 0.29) is 0 Å². The quantitative estimate of drug-likeness (QED) is 0.696. The molecule has 0 spiro atoms. The average molecular weight is 180 g/mol. The fraction of sp³-hybridized carbons (Fsp3) is 0.500. The number of aromatic nitrogens is 1. The number of hydrogen-bond acceptors (Lipinski definition) is 3. The second-order valence-corrected chi connectivity index (χ2v) is 2.92. The van der Waals surface area contributed by atoms with Crippen LogP contribution in [0.3, 0.4) is 0 Å². The van der Waals surface area contributed by atoms with E-state index in [9.17, 15) is 0 Å². The van der Waals surface area contributed by atoms with Crippen LogP contribution in [0.5, 0.6) is 5.88 Å². The fourth-order valence-electron chi connectivity index (χ4n) is 1.26. The summed E-state index contributed by atoms with van der Waals surface area (Å²) in [6, 6.07) is 3.97. The van der Waals surface area contributed by atoms with Gasteiger partial charge in [-0.05, 0) is 31.9 Å². The summed E-state index contributed by atoms with van der Waals surface area (Å²) in [5.74, 6) is 0.736. The minimum absolute atomic E-state index is 0.736. The van der Waals surface area contributed by atoms with Crippen LogP contribution < -0.4 is 10.5 Å². The highest BCUT2D eigenvalue weighted by Gasteiger charge is 2.01. The van der Waals surface area contributed by atoms with Crippen molar-refractivity contribution >= 4 is 0 Å². The molecule has 3 heteroatoms. The van der Waals surface area contributed by atoms with Crippen molar-refractivity contribution < 1.29 is 4.74 Å². The average Bonchev–Trinajstić information content (AvgIpc) is 2.19. The Hall–Kier alpha value is -1.09. The van der Waals surface area contributed by atoms with E-state index >= 15 is 0 Å². The number of ether oxygens (including phenoxy) is 1. The molecule has 1 heterocycles. The van der Waals surface area contributed by atoms with Crippen LogP contribution in [0.2, 0.25) is 0 Å². The van der Waals surface area contributed by atoms with Crippen LogP contribution in [0.1, 0.15) is 18.4 Å². The summed E-state index contributed by atoms with van der Waals surface area (Å²) in [6.07, 6.45) is 4.89. The zero-order valence-corrected chi connectivity index (χ0v) is 7.99. The summed E-state index contributed by atoms with van der Waals surface area (Å²) in [7, 11) is 1.65. The lowest BCUT2D eigenvalue weighted by atomic mass is 10.1. The monoisotopic (exact) mass is 180 g/mol. The summed E-state index contributed by atoms with van der Waals surface area (Å²) in [4.78, 5) is 4.12. The second-order valence-electron chi connectivity index (χ2n) is 2.92. The Labute approximate surface area is 78.9 Å². The van der Waals surface area contributed by atoms with Gasteiger partial charge in [-0.3, -0.25) is 0 Å². The number of nitrogens with zero attached hydrogens (tertiary/aromatic N) is 1. The highest BCUT2D eigenvalue weighted by molar-refractivity contribution is 5.25. The highest BCUT2D eigenvalue weighted by atomic mass is 16.5. The highest BCUT2D eigenvalue weighted by Crippen LogP contribution is 2.15. The third-order valence-electron chi connectivity index (χ3n) is 1.94. The molecule has 1 rings (SSSR count). The van der Waals surface area contributed by atoms with E-state index in [1.807, 2.05) is 12.1 Å². The predicted molar refractivity (Wildman–Crippen MR) is 52.8 cm³/mol. The van der Waals surface area contributed by atoms with Gasteiger partial charge in [0.25, 0.3) is 0 Å². The SMILES string of the molecule is COc1ncccc1CCCCN. The maximum atomic E-state index is 5.42. The third kappa shape index (κ3) is 3.03. The zero-order chi connectivity index (χ0) is 9.52. The molecule has 0 amide bonds. The predicted octanol–water partition coefficient (Wildman–Crippen LogP) is 1.37. The van der Waals surface area contributed by atoms with E-state index < -0.39 is 0 Å². The molecule has 0 fully saturated rings. The van der Waals surface area contributed by atoms with Crippen LogP contribution in [0.25, 0.3) is 0 Å². The number of methoxy groups -OCH3 is 1. The number of aryl methyl sites for hydroxylation is 1. The van der Waals surface area contributed by atoms with Crippen LogP contribution in [0.15, 0.2) is 18.3 Å². The molecule has 0 bridgehead atoms. The lowest BCUT2D eigenvalue weighted by Crippen LogP contribution is -2.00. The van der Waals surface area contributed by atoms with Gasteiger partial charge in [-0.1, -0.05) is 6.07 Å². The van der Waals surface area contributed by atoms with E-state index in [2.05, 4.69) is 4.98 Å². The van der Waals surface area contributed by atoms with Gasteiger partial charge in [0.05, 0.1) is 7.11 Å². The normalized spacial score (nSPS) is 10.0. The first kappa shape index (κ1) is 9.99. The van der Waals surface area contributed by atoms with Crippen molar-refractivity contribution in [2.75, 3.05) is 13.7 Å². The van der Waals surface area contributed by atoms with E-state index in [0.29, 0.717) is 0 Å². The molecule has 0 aliphatic carbocycles. The van der Waals surface area contributed by atoms with Crippen molar-refractivity contribution in [2.45, 2.75) is 19.3 Å². The molecule has 0 unspecified atom stereocenters. The van der Waals surface area contributed by atoms with Crippen molar-refractivity contribution in [3.8, 4) is 5.88 Å². The maximum absolute atomic E-state index is 5.42. The number of unbranched alkanes of at least 4 members (excludes halogenated alkanes) is 1. The Bertz CT molecular complexity index is 250. The Morgan fingerprint density at radius 2 is 2.31 bits per heavy atom. The Morgan fingerprint density at radius 3 is 3.00 bits per heavy atom. The minimum atomic E-state index is 0.736. The van der Waals surface area contributed by atoms with E-state index in [4.69, 9.17) is 10.5 Å². The van der Waals surface area contributed by atoms with Crippen molar-refractivity contribution in [1.29, 1.82) is 0 Å². The van der Waals surface area contributed by atoms with Crippen LogP contribution in [-0.4, -0.2) is 18.6 Å². The van der Waals surface area contributed by atoms with Crippen LogP contribution in [0, 0.1) is 0 Å². The van der Waals surface area contributed by atoms with Crippen LogP contribution in [-0.2, 0) is 6.42 Å². The number of nitrogens with two attached hydrogens (primary N) is 1. The topological polar surface area (TPSA) is 48.1 Å². The molecule has 0 aliphatic rings. The standard InChI is InChI=1S/C10H16N2O/c1-13-10-9(5-2-3-7-11)6-4-8-12-10/h4,6,8H,2-3,5,7,11H2,1H3. The summed E-state index contributed by atoms with van der Waals surface area (Å²) in [6.45, 7) is 0.753. The van der Waals surface area contributed by atoms with Gasteiger partial charge in [-0.2, -0.15) is 0 Å². The van der Waals surface area contributed by atoms with E-state index in [1.165, 1.54) is 5.56 Å². The third-order valence-corrected chi connectivity index (χ3v) is 1.94. The number of hydrogen-bond donors (Lipinski definition) is 1. The van der Waals surface area contributed by atoms with Gasteiger partial charge in [0.1, 0.15) is 0 Å². The molecule has 0 atom stereocenters. The summed E-state index contributed by atoms with van der Waals surface area (Å²) in [5, 5.41) is 0. The summed E-state index contributed by atoms with van der Waals surface area (Å²) < 4.78 is 5.13. The van der Waals surface area contributed by atoms with Crippen LogP contribution >= 0.6 is 0 Å². The fourth-order valence-corrected chi connectivity index (χ4v) is 1.26. The molecular formula is C10H16N2O. The Morgan fingerprint density at radius 1 is 1.46 bits per heavy atom. The van der Waals surface area contributed by atoms with Crippen molar-refractivity contribution in [3.63, 3.8) is 0 Å². The maximum Gasteiger partial charge on any atom is 0.216 e. The lowest BCUT2D eigenvalue weighted by Gasteiger charge is -2.05. The molecule has 0 aromatic carbocycles. The van der Waals surface area contributed by atoms with Crippen molar-refractivity contribution in [2.24, 2.45) is 5.73 Å². The minimum Gasteiger partial charge on any atom is -0.481 e. The summed E-state index contributed by atoms with van der Waals surface area (Å²) in [5.41, 5.74) is 6.58. The van der Waals surface area contributed by atoms with Gasteiger partial charge in [0.2, 0.25) is 5.88 Å². The number of rotatable bonds is 5. The molecule has 2 N–H and O–H groups in total. The molecule has 0 saturated carbocycles. The second kappa shape index (κ2) is 5.54. The Balaban J connectivity index is 2.54. The van der Waals surface area contributed by atoms with Gasteiger partial charge in [0, 0.05) is 11.8 Å². The number of pyridine rings is 1. The van der Waals surface area contributed by atoms with E-state index in [0.717, 1.165) is 31.7 Å². The first-order valence-corrected chi connectivity index (χ1v) is 4.56. The van der Waals surface area contributed by atoms with Gasteiger partial charge in [-0.25, -0.2) is 4.98 Å². The Kier molecular flexibility index (Phi) is 4.26. The molecule has 0 aliphatic heterocycles. The van der Waals surface area contributed by atoms with Gasteiger partial charge < -0.3 is 10.5 Å².